The third-order valence-electron chi connectivity index (χ3n) is 5.01. The van der Waals surface area contributed by atoms with E-state index in [9.17, 15) is 20.2 Å². The molecule has 0 saturated carbocycles. The summed E-state index contributed by atoms with van der Waals surface area (Å²) in [6, 6.07) is 18.3. The van der Waals surface area contributed by atoms with Crippen LogP contribution in [0.15, 0.2) is 66.2 Å². The summed E-state index contributed by atoms with van der Waals surface area (Å²) < 4.78 is 5.82. The molecule has 1 N–H and O–H groups in total. The standard InChI is InChI=1S/C25H20ClN3O4/c1-16-5-3-8-23(17(16)2)28-25(30)20(14-27)12-19-13-21(26)9-10-24(19)33-15-18-6-4-7-22(11-18)29(31)32/h3-13H,15H2,1-2H3,(H,28,30)/b20-12+. The first-order chi connectivity index (χ1) is 15.8. The van der Waals surface area contributed by atoms with E-state index in [1.165, 1.54) is 18.2 Å². The van der Waals surface area contributed by atoms with Crippen LogP contribution in [-0.4, -0.2) is 10.8 Å². The first-order valence-corrected chi connectivity index (χ1v) is 10.3. The number of nitro groups is 1. The Labute approximate surface area is 196 Å². The maximum atomic E-state index is 12.7. The molecule has 0 unspecified atom stereocenters. The zero-order valence-electron chi connectivity index (χ0n) is 18.0. The molecule has 8 heteroatoms. The van der Waals surface area contributed by atoms with Crippen LogP contribution < -0.4 is 10.1 Å². The van der Waals surface area contributed by atoms with Crippen LogP contribution in [0.2, 0.25) is 5.02 Å². The predicted octanol–water partition coefficient (Wildman–Crippen LogP) is 5.99. The summed E-state index contributed by atoms with van der Waals surface area (Å²) in [7, 11) is 0. The van der Waals surface area contributed by atoms with Crippen molar-refractivity contribution in [3.05, 3.63) is 104 Å². The van der Waals surface area contributed by atoms with E-state index < -0.39 is 10.8 Å². The minimum Gasteiger partial charge on any atom is -0.488 e. The Bertz CT molecular complexity index is 1300. The number of anilines is 1. The van der Waals surface area contributed by atoms with Gasteiger partial charge in [-0.05, 0) is 60.9 Å². The molecular formula is C25H20ClN3O4. The fourth-order valence-electron chi connectivity index (χ4n) is 3.06. The highest BCUT2D eigenvalue weighted by molar-refractivity contribution is 6.30. The van der Waals surface area contributed by atoms with Gasteiger partial charge in [0.1, 0.15) is 24.0 Å². The molecule has 0 atom stereocenters. The second kappa shape index (κ2) is 10.4. The molecule has 0 spiro atoms. The van der Waals surface area contributed by atoms with Crippen molar-refractivity contribution in [1.29, 1.82) is 5.26 Å². The van der Waals surface area contributed by atoms with Crippen LogP contribution in [0.25, 0.3) is 6.08 Å². The average molecular weight is 462 g/mol. The molecule has 0 radical (unpaired) electrons. The summed E-state index contributed by atoms with van der Waals surface area (Å²) in [6.07, 6.45) is 1.40. The van der Waals surface area contributed by atoms with Crippen LogP contribution in [0.4, 0.5) is 11.4 Å². The van der Waals surface area contributed by atoms with Crippen molar-refractivity contribution in [3.8, 4) is 11.8 Å². The van der Waals surface area contributed by atoms with Gasteiger partial charge in [0.15, 0.2) is 0 Å². The number of nitro benzene ring substituents is 1. The number of carbonyl (C=O) groups is 1. The van der Waals surface area contributed by atoms with Crippen LogP contribution in [0.5, 0.6) is 5.75 Å². The first kappa shape index (κ1) is 23.5. The van der Waals surface area contributed by atoms with Crippen molar-refractivity contribution < 1.29 is 14.5 Å². The van der Waals surface area contributed by atoms with Gasteiger partial charge in [-0.3, -0.25) is 14.9 Å². The molecule has 7 nitrogen and oxygen atoms in total. The van der Waals surface area contributed by atoms with Gasteiger partial charge in [0.05, 0.1) is 4.92 Å². The summed E-state index contributed by atoms with van der Waals surface area (Å²) in [5.41, 5.74) is 3.41. The maximum Gasteiger partial charge on any atom is 0.269 e. The maximum absolute atomic E-state index is 12.7. The van der Waals surface area contributed by atoms with Gasteiger partial charge in [-0.15, -0.1) is 0 Å². The topological polar surface area (TPSA) is 105 Å². The number of nitriles is 1. The highest BCUT2D eigenvalue weighted by Gasteiger charge is 2.14. The average Bonchev–Trinajstić information content (AvgIpc) is 2.80. The van der Waals surface area contributed by atoms with E-state index in [-0.39, 0.29) is 17.9 Å². The van der Waals surface area contributed by atoms with Crippen molar-refractivity contribution in [2.45, 2.75) is 20.5 Å². The molecule has 0 aromatic heterocycles. The van der Waals surface area contributed by atoms with Gasteiger partial charge in [0, 0.05) is 28.4 Å². The van der Waals surface area contributed by atoms with Gasteiger partial charge < -0.3 is 10.1 Å². The minimum atomic E-state index is -0.559. The smallest absolute Gasteiger partial charge is 0.269 e. The molecular weight excluding hydrogens is 442 g/mol. The third kappa shape index (κ3) is 5.97. The number of hydrogen-bond donors (Lipinski definition) is 1. The number of aryl methyl sites for hydroxylation is 1. The number of benzene rings is 3. The number of hydrogen-bond acceptors (Lipinski definition) is 5. The van der Waals surface area contributed by atoms with E-state index in [2.05, 4.69) is 5.32 Å². The number of carbonyl (C=O) groups excluding carboxylic acids is 1. The molecule has 0 heterocycles. The lowest BCUT2D eigenvalue weighted by Crippen LogP contribution is -2.14. The number of halogens is 1. The largest absolute Gasteiger partial charge is 0.488 e. The summed E-state index contributed by atoms with van der Waals surface area (Å²) in [4.78, 5) is 23.3. The lowest BCUT2D eigenvalue weighted by atomic mass is 10.1. The molecule has 0 bridgehead atoms. The van der Waals surface area contributed by atoms with Crippen molar-refractivity contribution in [2.75, 3.05) is 5.32 Å². The Morgan fingerprint density at radius 3 is 2.67 bits per heavy atom. The lowest BCUT2D eigenvalue weighted by Gasteiger charge is -2.12. The number of ether oxygens (including phenoxy) is 1. The Morgan fingerprint density at radius 2 is 1.94 bits per heavy atom. The Balaban J connectivity index is 1.85. The molecule has 0 aliphatic rings. The molecule has 1 amide bonds. The summed E-state index contributed by atoms with van der Waals surface area (Å²) in [6.45, 7) is 3.88. The number of nitrogens with one attached hydrogen (secondary N) is 1. The van der Waals surface area contributed by atoms with E-state index >= 15 is 0 Å². The molecule has 33 heavy (non-hydrogen) atoms. The number of rotatable bonds is 7. The van der Waals surface area contributed by atoms with Gasteiger partial charge in [0.2, 0.25) is 0 Å². The van der Waals surface area contributed by atoms with Gasteiger partial charge in [-0.25, -0.2) is 0 Å². The molecule has 0 fully saturated rings. The van der Waals surface area contributed by atoms with Crippen molar-refractivity contribution in [3.63, 3.8) is 0 Å². The Hall–Kier alpha value is -4.15. The molecule has 0 saturated heterocycles. The molecule has 3 aromatic carbocycles. The fraction of sp³-hybridized carbons (Fsp3) is 0.120. The Kier molecular flexibility index (Phi) is 7.44. The van der Waals surface area contributed by atoms with Crippen LogP contribution in [0, 0.1) is 35.3 Å². The highest BCUT2D eigenvalue weighted by Crippen LogP contribution is 2.27. The predicted molar refractivity (Wildman–Crippen MR) is 127 cm³/mol. The Morgan fingerprint density at radius 1 is 1.18 bits per heavy atom. The SMILES string of the molecule is Cc1cccc(NC(=O)/C(C#N)=C/c2cc(Cl)ccc2OCc2cccc([N+](=O)[O-])c2)c1C. The van der Waals surface area contributed by atoms with Crippen LogP contribution in [-0.2, 0) is 11.4 Å². The second-order valence-electron chi connectivity index (χ2n) is 7.27. The van der Waals surface area contributed by atoms with Gasteiger partial charge in [-0.2, -0.15) is 5.26 Å². The van der Waals surface area contributed by atoms with Gasteiger partial charge >= 0.3 is 0 Å². The summed E-state index contributed by atoms with van der Waals surface area (Å²) in [5, 5.41) is 23.7. The van der Waals surface area contributed by atoms with Gasteiger partial charge in [-0.1, -0.05) is 35.9 Å². The zero-order chi connectivity index (χ0) is 24.0. The van der Waals surface area contributed by atoms with E-state index in [1.807, 2.05) is 32.0 Å². The lowest BCUT2D eigenvalue weighted by molar-refractivity contribution is -0.384. The van der Waals surface area contributed by atoms with Crippen molar-refractivity contribution in [1.82, 2.24) is 0 Å². The van der Waals surface area contributed by atoms with Gasteiger partial charge in [0.25, 0.3) is 11.6 Å². The molecule has 3 rings (SSSR count). The van der Waals surface area contributed by atoms with E-state index in [4.69, 9.17) is 16.3 Å². The molecule has 0 aliphatic carbocycles. The van der Waals surface area contributed by atoms with E-state index in [0.29, 0.717) is 27.6 Å². The number of amides is 1. The van der Waals surface area contributed by atoms with Crippen LogP contribution in [0.1, 0.15) is 22.3 Å². The van der Waals surface area contributed by atoms with Crippen LogP contribution in [0.3, 0.4) is 0 Å². The summed E-state index contributed by atoms with van der Waals surface area (Å²) >= 11 is 6.12. The quantitative estimate of drug-likeness (QED) is 0.201. The van der Waals surface area contributed by atoms with E-state index in [0.717, 1.165) is 11.1 Å². The third-order valence-corrected chi connectivity index (χ3v) is 5.24. The summed E-state index contributed by atoms with van der Waals surface area (Å²) in [5.74, 6) is -0.186. The minimum absolute atomic E-state index is 0.0396. The normalized spacial score (nSPS) is 10.9. The molecule has 3 aromatic rings. The molecule has 166 valence electrons. The first-order valence-electron chi connectivity index (χ1n) is 9.93. The monoisotopic (exact) mass is 461 g/mol. The zero-order valence-corrected chi connectivity index (χ0v) is 18.7. The van der Waals surface area contributed by atoms with E-state index in [1.54, 1.807) is 36.4 Å². The number of nitrogens with zero attached hydrogens (tertiary/aromatic N) is 2. The second-order valence-corrected chi connectivity index (χ2v) is 7.71. The van der Waals surface area contributed by atoms with Crippen LogP contribution >= 0.6 is 11.6 Å². The number of non-ortho nitro benzene ring substituents is 1. The fourth-order valence-corrected chi connectivity index (χ4v) is 3.25. The molecule has 0 aliphatic heterocycles. The van der Waals surface area contributed by atoms with Crippen molar-refractivity contribution in [2.24, 2.45) is 0 Å². The van der Waals surface area contributed by atoms with Crippen molar-refractivity contribution >= 4 is 35.0 Å². The highest BCUT2D eigenvalue weighted by atomic mass is 35.5.